The maximum atomic E-state index is 12.4. The molecule has 1 aromatic carbocycles. The molecule has 2 heterocycles. The van der Waals surface area contributed by atoms with Gasteiger partial charge in [0.15, 0.2) is 0 Å². The molecule has 2 aliphatic heterocycles. The molecular formula is C17H24N2O3S. The summed E-state index contributed by atoms with van der Waals surface area (Å²) in [6, 6.07) is 5.80. The van der Waals surface area contributed by atoms with Crippen molar-refractivity contribution in [2.75, 3.05) is 39.6 Å². The van der Waals surface area contributed by atoms with Gasteiger partial charge in [-0.25, -0.2) is 0 Å². The monoisotopic (exact) mass is 336 g/mol. The number of piperidine rings is 1. The fourth-order valence-electron chi connectivity index (χ4n) is 3.28. The number of hydrogen-bond acceptors (Lipinski definition) is 5. The number of ether oxygens (including phenoxy) is 2. The predicted molar refractivity (Wildman–Crippen MR) is 92.1 cm³/mol. The Bertz CT molecular complexity index is 561. The first-order valence-electron chi connectivity index (χ1n) is 8.06. The molecule has 2 saturated heterocycles. The molecule has 0 saturated carbocycles. The van der Waals surface area contributed by atoms with Gasteiger partial charge in [-0.15, -0.1) is 11.8 Å². The van der Waals surface area contributed by atoms with Crippen LogP contribution in [0.5, 0.6) is 11.5 Å². The van der Waals surface area contributed by atoms with Crippen molar-refractivity contribution in [3.8, 4) is 11.5 Å². The number of nitrogens with zero attached hydrogens (tertiary/aromatic N) is 1. The molecule has 1 N–H and O–H groups in total. The maximum Gasteiger partial charge on any atom is 0.233 e. The first-order chi connectivity index (χ1) is 11.2. The highest BCUT2D eigenvalue weighted by molar-refractivity contribution is 8.00. The normalized spacial score (nSPS) is 22.4. The molecule has 6 heteroatoms. The van der Waals surface area contributed by atoms with Crippen molar-refractivity contribution < 1.29 is 14.3 Å². The van der Waals surface area contributed by atoms with Gasteiger partial charge in [0.2, 0.25) is 5.91 Å². The number of amides is 1. The van der Waals surface area contributed by atoms with E-state index in [0.717, 1.165) is 49.5 Å². The molecule has 5 nitrogen and oxygen atoms in total. The number of carbonyl (C=O) groups excluding carboxylic acids is 1. The van der Waals surface area contributed by atoms with Crippen LogP contribution in [-0.2, 0) is 4.79 Å². The number of rotatable bonds is 5. The predicted octanol–water partition coefficient (Wildman–Crippen LogP) is 2.28. The summed E-state index contributed by atoms with van der Waals surface area (Å²) in [5.41, 5.74) is 1.02. The molecule has 0 aliphatic carbocycles. The van der Waals surface area contributed by atoms with Gasteiger partial charge >= 0.3 is 0 Å². The zero-order chi connectivity index (χ0) is 16.2. The average Bonchev–Trinajstić information content (AvgIpc) is 2.96. The number of thioether (sulfide) groups is 1. The van der Waals surface area contributed by atoms with E-state index in [1.54, 1.807) is 26.0 Å². The second-order valence-electron chi connectivity index (χ2n) is 6.01. The Balaban J connectivity index is 1.83. The van der Waals surface area contributed by atoms with E-state index in [1.807, 2.05) is 23.1 Å². The highest BCUT2D eigenvalue weighted by Gasteiger charge is 2.36. The highest BCUT2D eigenvalue weighted by Crippen LogP contribution is 2.44. The Morgan fingerprint density at radius 2 is 2.04 bits per heavy atom. The van der Waals surface area contributed by atoms with Gasteiger partial charge in [0.25, 0.3) is 0 Å². The van der Waals surface area contributed by atoms with Crippen molar-refractivity contribution in [3.63, 3.8) is 0 Å². The van der Waals surface area contributed by atoms with Crippen LogP contribution in [0.4, 0.5) is 0 Å². The Kier molecular flexibility index (Phi) is 5.33. The summed E-state index contributed by atoms with van der Waals surface area (Å²) in [5.74, 6) is 2.95. The number of methoxy groups -OCH3 is 2. The molecule has 126 valence electrons. The summed E-state index contributed by atoms with van der Waals surface area (Å²) in [6.45, 7) is 2.93. The smallest absolute Gasteiger partial charge is 0.233 e. The molecule has 3 rings (SSSR count). The van der Waals surface area contributed by atoms with Crippen molar-refractivity contribution in [1.82, 2.24) is 10.2 Å². The van der Waals surface area contributed by atoms with Crippen LogP contribution in [-0.4, -0.2) is 50.4 Å². The average molecular weight is 336 g/mol. The second-order valence-corrected chi connectivity index (χ2v) is 7.08. The lowest BCUT2D eigenvalue weighted by Crippen LogP contribution is -2.38. The van der Waals surface area contributed by atoms with E-state index < -0.39 is 0 Å². The molecular weight excluding hydrogens is 312 g/mol. The van der Waals surface area contributed by atoms with Gasteiger partial charge < -0.3 is 19.7 Å². The second kappa shape index (κ2) is 7.45. The molecule has 0 aromatic heterocycles. The molecule has 1 atom stereocenters. The van der Waals surface area contributed by atoms with Crippen molar-refractivity contribution in [2.24, 2.45) is 5.92 Å². The lowest BCUT2D eigenvalue weighted by atomic mass is 9.97. The summed E-state index contributed by atoms with van der Waals surface area (Å²) < 4.78 is 10.9. The van der Waals surface area contributed by atoms with Crippen molar-refractivity contribution in [3.05, 3.63) is 23.8 Å². The van der Waals surface area contributed by atoms with Crippen LogP contribution < -0.4 is 14.8 Å². The molecule has 1 unspecified atom stereocenters. The number of nitrogens with one attached hydrogen (secondary N) is 1. The third kappa shape index (κ3) is 3.58. The first kappa shape index (κ1) is 16.5. The van der Waals surface area contributed by atoms with Crippen molar-refractivity contribution in [1.29, 1.82) is 0 Å². The van der Waals surface area contributed by atoms with E-state index in [1.165, 1.54) is 0 Å². The van der Waals surface area contributed by atoms with Gasteiger partial charge in [0, 0.05) is 12.1 Å². The molecule has 2 fully saturated rings. The number of benzene rings is 1. The highest BCUT2D eigenvalue weighted by atomic mass is 32.2. The fourth-order valence-corrected chi connectivity index (χ4v) is 4.50. The van der Waals surface area contributed by atoms with Crippen LogP contribution in [0.25, 0.3) is 0 Å². The van der Waals surface area contributed by atoms with E-state index in [2.05, 4.69) is 5.32 Å². The SMILES string of the molecule is COc1ccc(OC)c(C2SCC(=O)N2CC2CCNCC2)c1. The standard InChI is InChI=1S/C17H24N2O3S/c1-21-13-3-4-15(22-2)14(9-13)17-19(16(20)11-23-17)10-12-5-7-18-8-6-12/h3-4,9,12,17-18H,5-8,10-11H2,1-2H3. The van der Waals surface area contributed by atoms with E-state index >= 15 is 0 Å². The molecule has 23 heavy (non-hydrogen) atoms. The lowest BCUT2D eigenvalue weighted by Gasteiger charge is -2.31. The molecule has 1 aromatic rings. The molecule has 0 radical (unpaired) electrons. The van der Waals surface area contributed by atoms with Crippen LogP contribution >= 0.6 is 11.8 Å². The number of carbonyl (C=O) groups is 1. The summed E-state index contributed by atoms with van der Waals surface area (Å²) in [6.07, 6.45) is 2.27. The van der Waals surface area contributed by atoms with Crippen LogP contribution in [0.1, 0.15) is 23.8 Å². The van der Waals surface area contributed by atoms with Crippen molar-refractivity contribution >= 4 is 17.7 Å². The zero-order valence-corrected chi connectivity index (χ0v) is 14.5. The van der Waals surface area contributed by atoms with Gasteiger partial charge in [0.1, 0.15) is 16.9 Å². The Labute approximate surface area is 141 Å². The van der Waals surface area contributed by atoms with Gasteiger partial charge in [-0.1, -0.05) is 0 Å². The van der Waals surface area contributed by atoms with Crippen LogP contribution in [0.15, 0.2) is 18.2 Å². The largest absolute Gasteiger partial charge is 0.497 e. The van der Waals surface area contributed by atoms with E-state index in [0.29, 0.717) is 11.7 Å². The maximum absolute atomic E-state index is 12.4. The minimum atomic E-state index is 0.0161. The van der Waals surface area contributed by atoms with E-state index in [9.17, 15) is 4.79 Å². The van der Waals surface area contributed by atoms with E-state index in [-0.39, 0.29) is 11.3 Å². The molecule has 0 spiro atoms. The first-order valence-corrected chi connectivity index (χ1v) is 9.11. The Hall–Kier alpha value is -1.40. The summed E-state index contributed by atoms with van der Waals surface area (Å²) in [7, 11) is 3.33. The van der Waals surface area contributed by atoms with Crippen LogP contribution in [0, 0.1) is 5.92 Å². The zero-order valence-electron chi connectivity index (χ0n) is 13.7. The summed E-state index contributed by atoms with van der Waals surface area (Å²) >= 11 is 1.67. The fraction of sp³-hybridized carbons (Fsp3) is 0.588. The summed E-state index contributed by atoms with van der Waals surface area (Å²) in [4.78, 5) is 14.4. The molecule has 2 aliphatic rings. The van der Waals surface area contributed by atoms with Gasteiger partial charge in [0.05, 0.1) is 20.0 Å². The van der Waals surface area contributed by atoms with Gasteiger partial charge in [-0.3, -0.25) is 4.79 Å². The summed E-state index contributed by atoms with van der Waals surface area (Å²) in [5, 5.41) is 3.40. The minimum Gasteiger partial charge on any atom is -0.497 e. The lowest BCUT2D eigenvalue weighted by molar-refractivity contribution is -0.128. The quantitative estimate of drug-likeness (QED) is 0.894. The molecule has 1 amide bonds. The number of hydrogen-bond donors (Lipinski definition) is 1. The topological polar surface area (TPSA) is 50.8 Å². The minimum absolute atomic E-state index is 0.0161. The van der Waals surface area contributed by atoms with Crippen LogP contribution in [0.2, 0.25) is 0 Å². The van der Waals surface area contributed by atoms with Crippen LogP contribution in [0.3, 0.4) is 0 Å². The third-order valence-corrected chi connectivity index (χ3v) is 5.82. The molecule has 0 bridgehead atoms. The Morgan fingerprint density at radius 3 is 2.74 bits per heavy atom. The van der Waals surface area contributed by atoms with E-state index in [4.69, 9.17) is 9.47 Å². The van der Waals surface area contributed by atoms with Gasteiger partial charge in [-0.05, 0) is 50.0 Å². The third-order valence-electron chi connectivity index (χ3n) is 4.58. The van der Waals surface area contributed by atoms with Crippen molar-refractivity contribution in [2.45, 2.75) is 18.2 Å². The van der Waals surface area contributed by atoms with Gasteiger partial charge in [-0.2, -0.15) is 0 Å². The Morgan fingerprint density at radius 1 is 1.26 bits per heavy atom.